The van der Waals surface area contributed by atoms with Gasteiger partial charge in [0.2, 0.25) is 0 Å². The lowest BCUT2D eigenvalue weighted by Gasteiger charge is -2.43. The van der Waals surface area contributed by atoms with Gasteiger partial charge in [-0.3, -0.25) is 10.2 Å². The molecule has 2 aromatic heterocycles. The van der Waals surface area contributed by atoms with Crippen molar-refractivity contribution in [1.29, 1.82) is 5.41 Å². The molecule has 1 saturated heterocycles. The van der Waals surface area contributed by atoms with Gasteiger partial charge >= 0.3 is 12.2 Å². The Morgan fingerprint density at radius 2 is 1.89 bits per heavy atom. The van der Waals surface area contributed by atoms with Crippen LogP contribution in [0.3, 0.4) is 0 Å². The van der Waals surface area contributed by atoms with Crippen LogP contribution in [-0.2, 0) is 11.0 Å². The number of alkyl halides is 5. The third kappa shape index (κ3) is 6.25. The molecule has 0 aromatic carbocycles. The molecule has 0 aliphatic carbocycles. The van der Waals surface area contributed by atoms with Gasteiger partial charge in [-0.25, -0.2) is 28.7 Å². The summed E-state index contributed by atoms with van der Waals surface area (Å²) >= 11 is 0. The Balaban J connectivity index is 1.83. The highest BCUT2D eigenvalue weighted by molar-refractivity contribution is 6.54. The minimum absolute atomic E-state index is 0.00890. The highest BCUT2D eigenvalue weighted by Crippen LogP contribution is 2.35. The van der Waals surface area contributed by atoms with Gasteiger partial charge in [-0.05, 0) is 12.0 Å². The number of likely N-dealkylation sites (tertiary alicyclic amines) is 1. The third-order valence-corrected chi connectivity index (χ3v) is 5.26. The summed E-state index contributed by atoms with van der Waals surface area (Å²) in [4.78, 5) is 29.1. The number of nitrogens with zero attached hydrogens (tertiary/aromatic N) is 5. The number of amides is 1. The Kier molecular flexibility index (Phi) is 7.60. The fourth-order valence-electron chi connectivity index (χ4n) is 3.61. The van der Waals surface area contributed by atoms with Crippen LogP contribution in [0.25, 0.3) is 5.57 Å². The van der Waals surface area contributed by atoms with Crippen molar-refractivity contribution in [2.45, 2.75) is 31.5 Å². The molecule has 0 bridgehead atoms. The number of carbonyl (C=O) groups is 1. The van der Waals surface area contributed by atoms with Crippen molar-refractivity contribution in [3.05, 3.63) is 48.4 Å². The minimum Gasteiger partial charge on any atom is -0.461 e. The SMILES string of the molecule is CN/C=C(\C(=N)C(=O)N1CC(F)(F)C[C@@H](C)C1COc1ncc(C(F)(F)F)cn1)c1ncccn1. The number of rotatable bonds is 7. The molecule has 1 aliphatic rings. The molecule has 1 amide bonds. The quantitative estimate of drug-likeness (QED) is 0.445. The van der Waals surface area contributed by atoms with Crippen LogP contribution in [0.15, 0.2) is 37.1 Å². The lowest BCUT2D eigenvalue weighted by atomic mass is 9.88. The van der Waals surface area contributed by atoms with Gasteiger partial charge in [0.05, 0.1) is 23.7 Å². The zero-order valence-corrected chi connectivity index (χ0v) is 18.7. The molecule has 14 heteroatoms. The molecular weight excluding hydrogens is 477 g/mol. The largest absolute Gasteiger partial charge is 0.461 e. The first-order valence-electron chi connectivity index (χ1n) is 10.4. The first-order valence-corrected chi connectivity index (χ1v) is 10.4. The molecule has 0 radical (unpaired) electrons. The molecule has 2 atom stereocenters. The number of ether oxygens (including phenoxy) is 1. The van der Waals surface area contributed by atoms with E-state index in [0.29, 0.717) is 12.4 Å². The number of carbonyl (C=O) groups excluding carboxylic acids is 1. The van der Waals surface area contributed by atoms with Gasteiger partial charge in [0, 0.05) is 44.5 Å². The zero-order chi connectivity index (χ0) is 25.8. The first-order chi connectivity index (χ1) is 16.4. The Labute approximate surface area is 197 Å². The van der Waals surface area contributed by atoms with Crippen LogP contribution in [0, 0.1) is 11.3 Å². The fraction of sp³-hybridized carbons (Fsp3) is 0.429. The van der Waals surface area contributed by atoms with Crippen LogP contribution in [0.1, 0.15) is 24.7 Å². The standard InChI is InChI=1S/C21H22F5N7O2/c1-12-6-20(22,23)11-33(15(12)10-35-19-31-7-13(8-32-19)21(24,25)26)18(34)16(27)14(9-28-2)17-29-4-3-5-30-17/h3-5,7-9,12,15,27-28H,6,10-11H2,1-2H3/b14-9+,27-16?/t12-,15?/m1/s1. The molecular formula is C21H22F5N7O2. The number of hydrogen-bond acceptors (Lipinski definition) is 8. The van der Waals surface area contributed by atoms with E-state index in [1.54, 1.807) is 0 Å². The zero-order valence-electron chi connectivity index (χ0n) is 18.7. The molecule has 1 unspecified atom stereocenters. The predicted molar refractivity (Wildman–Crippen MR) is 114 cm³/mol. The summed E-state index contributed by atoms with van der Waals surface area (Å²) in [5, 5.41) is 11.1. The van der Waals surface area contributed by atoms with Crippen LogP contribution < -0.4 is 10.1 Å². The van der Waals surface area contributed by atoms with Crippen molar-refractivity contribution >= 4 is 17.2 Å². The van der Waals surface area contributed by atoms with Gasteiger partial charge in [-0.15, -0.1) is 0 Å². The second-order valence-corrected chi connectivity index (χ2v) is 7.89. The summed E-state index contributed by atoms with van der Waals surface area (Å²) < 4.78 is 72.3. The summed E-state index contributed by atoms with van der Waals surface area (Å²) in [5.74, 6) is -4.95. The van der Waals surface area contributed by atoms with E-state index in [4.69, 9.17) is 10.1 Å². The number of halogens is 5. The van der Waals surface area contributed by atoms with Gasteiger partial charge < -0.3 is 15.0 Å². The van der Waals surface area contributed by atoms with E-state index < -0.39 is 60.2 Å². The van der Waals surface area contributed by atoms with E-state index >= 15 is 0 Å². The predicted octanol–water partition coefficient (Wildman–Crippen LogP) is 2.82. The van der Waals surface area contributed by atoms with E-state index in [2.05, 4.69) is 25.3 Å². The first kappa shape index (κ1) is 25.9. The van der Waals surface area contributed by atoms with Gasteiger partial charge in [0.1, 0.15) is 12.3 Å². The molecule has 1 aliphatic heterocycles. The lowest BCUT2D eigenvalue weighted by Crippen LogP contribution is -2.58. The summed E-state index contributed by atoms with van der Waals surface area (Å²) in [7, 11) is 1.53. The van der Waals surface area contributed by atoms with E-state index in [1.165, 1.54) is 38.6 Å². The Morgan fingerprint density at radius 1 is 1.26 bits per heavy atom. The maximum Gasteiger partial charge on any atom is 0.419 e. The third-order valence-electron chi connectivity index (χ3n) is 5.26. The maximum atomic E-state index is 14.4. The molecule has 2 aromatic rings. The second-order valence-electron chi connectivity index (χ2n) is 7.89. The summed E-state index contributed by atoms with van der Waals surface area (Å²) in [6.07, 6.45) is 0.00718. The van der Waals surface area contributed by atoms with Crippen molar-refractivity contribution in [1.82, 2.24) is 30.2 Å². The Bertz CT molecular complexity index is 1080. The molecule has 3 rings (SSSR count). The van der Waals surface area contributed by atoms with Gasteiger partial charge in [0.15, 0.2) is 5.82 Å². The topological polar surface area (TPSA) is 117 Å². The van der Waals surface area contributed by atoms with E-state index in [-0.39, 0.29) is 18.0 Å². The van der Waals surface area contributed by atoms with Crippen LogP contribution >= 0.6 is 0 Å². The molecule has 35 heavy (non-hydrogen) atoms. The monoisotopic (exact) mass is 499 g/mol. The van der Waals surface area contributed by atoms with Gasteiger partial charge in [0.25, 0.3) is 11.8 Å². The fourth-order valence-corrected chi connectivity index (χ4v) is 3.61. The van der Waals surface area contributed by atoms with Crippen LogP contribution in [0.5, 0.6) is 6.01 Å². The van der Waals surface area contributed by atoms with Gasteiger partial charge in [-0.2, -0.15) is 13.2 Å². The molecule has 1 fully saturated rings. The average Bonchev–Trinajstić information content (AvgIpc) is 2.80. The normalized spacial score (nSPS) is 20.3. The van der Waals surface area contributed by atoms with Crippen molar-refractivity contribution in [3.8, 4) is 6.01 Å². The van der Waals surface area contributed by atoms with Crippen molar-refractivity contribution < 1.29 is 31.5 Å². The van der Waals surface area contributed by atoms with Crippen molar-refractivity contribution in [2.24, 2.45) is 5.92 Å². The van der Waals surface area contributed by atoms with Crippen LogP contribution in [0.2, 0.25) is 0 Å². The molecule has 9 nitrogen and oxygen atoms in total. The van der Waals surface area contributed by atoms with E-state index in [9.17, 15) is 26.7 Å². The molecule has 2 N–H and O–H groups in total. The number of piperidine rings is 1. The van der Waals surface area contributed by atoms with Crippen molar-refractivity contribution in [3.63, 3.8) is 0 Å². The summed E-state index contributed by atoms with van der Waals surface area (Å²) in [6, 6.07) is 0.203. The lowest BCUT2D eigenvalue weighted by molar-refractivity contribution is -0.148. The van der Waals surface area contributed by atoms with Gasteiger partial charge in [-0.1, -0.05) is 6.92 Å². The number of aromatic nitrogens is 4. The second kappa shape index (κ2) is 10.3. The highest BCUT2D eigenvalue weighted by atomic mass is 19.4. The number of nitrogens with one attached hydrogen (secondary N) is 2. The van der Waals surface area contributed by atoms with Crippen LogP contribution in [-0.4, -0.2) is 68.6 Å². The Hall–Kier alpha value is -3.71. The molecule has 3 heterocycles. The summed E-state index contributed by atoms with van der Waals surface area (Å²) in [6.45, 7) is 0.154. The summed E-state index contributed by atoms with van der Waals surface area (Å²) in [5.41, 5.74) is -1.70. The van der Waals surface area contributed by atoms with E-state index in [0.717, 1.165) is 4.90 Å². The molecule has 188 valence electrons. The Morgan fingerprint density at radius 3 is 2.46 bits per heavy atom. The number of hydrogen-bond donors (Lipinski definition) is 2. The average molecular weight is 499 g/mol. The van der Waals surface area contributed by atoms with Crippen molar-refractivity contribution in [2.75, 3.05) is 20.2 Å². The highest BCUT2D eigenvalue weighted by Gasteiger charge is 2.47. The van der Waals surface area contributed by atoms with E-state index in [1.807, 2.05) is 0 Å². The molecule has 0 spiro atoms. The molecule has 0 saturated carbocycles. The maximum absolute atomic E-state index is 14.4. The van der Waals surface area contributed by atoms with Crippen LogP contribution in [0.4, 0.5) is 22.0 Å². The smallest absolute Gasteiger partial charge is 0.419 e. The minimum atomic E-state index is -4.63.